The van der Waals surface area contributed by atoms with Gasteiger partial charge in [-0.3, -0.25) is 14.4 Å². The van der Waals surface area contributed by atoms with Crippen LogP contribution in [0.15, 0.2) is 76.3 Å². The lowest BCUT2D eigenvalue weighted by molar-refractivity contribution is 0.457. The van der Waals surface area contributed by atoms with Gasteiger partial charge in [-0.2, -0.15) is 0 Å². The first kappa shape index (κ1) is 18.3. The van der Waals surface area contributed by atoms with E-state index in [1.807, 2.05) is 79.8 Å². The molecule has 5 nitrogen and oxygen atoms in total. The Hall–Kier alpha value is -3.05. The van der Waals surface area contributed by atoms with Crippen molar-refractivity contribution in [3.63, 3.8) is 0 Å². The number of hydrogen-bond donors (Lipinski definition) is 1. The Labute approximate surface area is 168 Å². The summed E-state index contributed by atoms with van der Waals surface area (Å²) in [4.78, 5) is 19.8. The average molecular weight is 393 g/mol. The van der Waals surface area contributed by atoms with Crippen LogP contribution >= 0.6 is 11.6 Å². The standard InChI is InChI=1S/C22H21ClN4O/c1-15(25-17-12-24-14-26(2)13-17)20-11-16-7-6-10-19(23)21(16)22(28)27(20)18-8-4-3-5-9-18/h3-13,15,25H,14H2,1-2H3. The van der Waals surface area contributed by atoms with Crippen molar-refractivity contribution < 1.29 is 0 Å². The van der Waals surface area contributed by atoms with Gasteiger partial charge < -0.3 is 10.2 Å². The summed E-state index contributed by atoms with van der Waals surface area (Å²) in [7, 11) is 1.97. The maximum absolute atomic E-state index is 13.4. The monoisotopic (exact) mass is 392 g/mol. The molecule has 1 N–H and O–H groups in total. The van der Waals surface area contributed by atoms with E-state index in [0.29, 0.717) is 17.1 Å². The average Bonchev–Trinajstić information content (AvgIpc) is 2.68. The van der Waals surface area contributed by atoms with Crippen molar-refractivity contribution in [2.24, 2.45) is 4.99 Å². The molecule has 1 aliphatic heterocycles. The highest BCUT2D eigenvalue weighted by molar-refractivity contribution is 6.35. The zero-order valence-electron chi connectivity index (χ0n) is 15.8. The zero-order chi connectivity index (χ0) is 19.7. The Morgan fingerprint density at radius 2 is 1.93 bits per heavy atom. The number of fused-ring (bicyclic) bond motifs is 1. The van der Waals surface area contributed by atoms with Gasteiger partial charge in [-0.15, -0.1) is 0 Å². The summed E-state index contributed by atoms with van der Waals surface area (Å²) < 4.78 is 1.73. The SMILES string of the molecule is CC(NC1=CN(C)CN=C1)c1cc2cccc(Cl)c2c(=O)n1-c1ccccc1. The molecule has 0 aliphatic carbocycles. The number of halogens is 1. The van der Waals surface area contributed by atoms with Crippen LogP contribution in [0.5, 0.6) is 0 Å². The molecule has 1 unspecified atom stereocenters. The van der Waals surface area contributed by atoms with E-state index in [-0.39, 0.29) is 11.6 Å². The van der Waals surface area contributed by atoms with E-state index in [0.717, 1.165) is 22.5 Å². The fraction of sp³-hybridized carbons (Fsp3) is 0.182. The topological polar surface area (TPSA) is 49.6 Å². The molecule has 0 saturated heterocycles. The van der Waals surface area contributed by atoms with Crippen LogP contribution in [0, 0.1) is 0 Å². The highest BCUT2D eigenvalue weighted by Gasteiger charge is 2.18. The Morgan fingerprint density at radius 1 is 1.14 bits per heavy atom. The normalized spacial score (nSPS) is 14.8. The Balaban J connectivity index is 1.89. The number of aliphatic imine (C=N–C) groups is 1. The number of aromatic nitrogens is 1. The number of hydrogen-bond acceptors (Lipinski definition) is 4. The van der Waals surface area contributed by atoms with Gasteiger partial charge in [0.1, 0.15) is 6.67 Å². The minimum atomic E-state index is -0.125. The predicted molar refractivity (Wildman–Crippen MR) is 115 cm³/mol. The number of para-hydroxylation sites is 1. The van der Waals surface area contributed by atoms with Crippen molar-refractivity contribution in [1.82, 2.24) is 14.8 Å². The molecule has 0 bridgehead atoms. The highest BCUT2D eigenvalue weighted by Crippen LogP contribution is 2.25. The summed E-state index contributed by atoms with van der Waals surface area (Å²) in [6.45, 7) is 2.68. The Morgan fingerprint density at radius 3 is 2.68 bits per heavy atom. The quantitative estimate of drug-likeness (QED) is 0.726. The molecule has 1 aliphatic rings. The van der Waals surface area contributed by atoms with Crippen LogP contribution in [-0.4, -0.2) is 29.4 Å². The molecule has 4 rings (SSSR count). The molecule has 1 atom stereocenters. The number of allylic oxidation sites excluding steroid dienone is 1. The summed E-state index contributed by atoms with van der Waals surface area (Å²) in [6, 6.07) is 17.1. The highest BCUT2D eigenvalue weighted by atomic mass is 35.5. The molecular weight excluding hydrogens is 372 g/mol. The molecule has 0 saturated carbocycles. The van der Waals surface area contributed by atoms with Gasteiger partial charge in [0, 0.05) is 30.8 Å². The smallest absolute Gasteiger partial charge is 0.264 e. The third-order valence-corrected chi connectivity index (χ3v) is 5.08. The number of benzene rings is 2. The summed E-state index contributed by atoms with van der Waals surface area (Å²) in [5.41, 5.74) is 2.44. The van der Waals surface area contributed by atoms with E-state index >= 15 is 0 Å². The van der Waals surface area contributed by atoms with Crippen LogP contribution in [0.3, 0.4) is 0 Å². The minimum absolute atomic E-state index is 0.124. The van der Waals surface area contributed by atoms with Crippen molar-refractivity contribution in [1.29, 1.82) is 0 Å². The lowest BCUT2D eigenvalue weighted by Gasteiger charge is -2.24. The molecule has 0 spiro atoms. The number of nitrogens with zero attached hydrogens (tertiary/aromatic N) is 3. The largest absolute Gasteiger partial charge is 0.375 e. The molecule has 142 valence electrons. The first-order valence-electron chi connectivity index (χ1n) is 9.12. The minimum Gasteiger partial charge on any atom is -0.375 e. The van der Waals surface area contributed by atoms with Crippen LogP contribution in [0.2, 0.25) is 5.02 Å². The van der Waals surface area contributed by atoms with Crippen molar-refractivity contribution >= 4 is 28.6 Å². The molecule has 3 aromatic rings. The van der Waals surface area contributed by atoms with E-state index in [1.54, 1.807) is 10.6 Å². The van der Waals surface area contributed by atoms with Gasteiger partial charge in [0.2, 0.25) is 0 Å². The Kier molecular flexibility index (Phi) is 4.92. The van der Waals surface area contributed by atoms with Crippen molar-refractivity contribution in [3.05, 3.63) is 87.6 Å². The molecule has 0 radical (unpaired) electrons. The second-order valence-corrected chi connectivity index (χ2v) is 7.32. The lowest BCUT2D eigenvalue weighted by Crippen LogP contribution is -2.30. The van der Waals surface area contributed by atoms with Crippen molar-refractivity contribution in [2.45, 2.75) is 13.0 Å². The predicted octanol–water partition coefficient (Wildman–Crippen LogP) is 4.11. The second kappa shape index (κ2) is 7.52. The van der Waals surface area contributed by atoms with E-state index in [1.165, 1.54) is 0 Å². The van der Waals surface area contributed by atoms with Gasteiger partial charge in [-0.25, -0.2) is 0 Å². The summed E-state index contributed by atoms with van der Waals surface area (Å²) in [5.74, 6) is 0. The first-order chi connectivity index (χ1) is 13.5. The molecule has 0 amide bonds. The lowest BCUT2D eigenvalue weighted by atomic mass is 10.1. The van der Waals surface area contributed by atoms with Gasteiger partial charge in [0.05, 0.1) is 22.1 Å². The summed E-state index contributed by atoms with van der Waals surface area (Å²) in [5, 5.41) is 5.28. The van der Waals surface area contributed by atoms with Gasteiger partial charge in [0.25, 0.3) is 5.56 Å². The summed E-state index contributed by atoms with van der Waals surface area (Å²) in [6.07, 6.45) is 3.83. The number of nitrogens with one attached hydrogen (secondary N) is 1. The van der Waals surface area contributed by atoms with Crippen LogP contribution in [0.4, 0.5) is 0 Å². The van der Waals surface area contributed by atoms with E-state index in [9.17, 15) is 4.79 Å². The van der Waals surface area contributed by atoms with Crippen LogP contribution in [0.25, 0.3) is 16.5 Å². The Bertz CT molecular complexity index is 1130. The molecular formula is C22H21ClN4O. The number of pyridine rings is 1. The maximum atomic E-state index is 13.4. The molecule has 2 aromatic carbocycles. The summed E-state index contributed by atoms with van der Waals surface area (Å²) >= 11 is 6.36. The first-order valence-corrected chi connectivity index (χ1v) is 9.50. The fourth-order valence-corrected chi connectivity index (χ4v) is 3.74. The van der Waals surface area contributed by atoms with Crippen molar-refractivity contribution in [2.75, 3.05) is 13.7 Å². The second-order valence-electron chi connectivity index (χ2n) is 6.91. The van der Waals surface area contributed by atoms with Crippen LogP contribution < -0.4 is 10.9 Å². The molecule has 1 aromatic heterocycles. The number of rotatable bonds is 4. The third kappa shape index (κ3) is 3.41. The maximum Gasteiger partial charge on any atom is 0.264 e. The van der Waals surface area contributed by atoms with E-state index in [4.69, 9.17) is 11.6 Å². The van der Waals surface area contributed by atoms with Gasteiger partial charge in [-0.05, 0) is 36.6 Å². The van der Waals surface area contributed by atoms with Gasteiger partial charge >= 0.3 is 0 Å². The van der Waals surface area contributed by atoms with Gasteiger partial charge in [-0.1, -0.05) is 41.9 Å². The van der Waals surface area contributed by atoms with Crippen molar-refractivity contribution in [3.8, 4) is 5.69 Å². The molecule has 28 heavy (non-hydrogen) atoms. The van der Waals surface area contributed by atoms with E-state index in [2.05, 4.69) is 10.3 Å². The van der Waals surface area contributed by atoms with E-state index < -0.39 is 0 Å². The van der Waals surface area contributed by atoms with Crippen LogP contribution in [-0.2, 0) is 0 Å². The third-order valence-electron chi connectivity index (χ3n) is 4.76. The van der Waals surface area contributed by atoms with Gasteiger partial charge in [0.15, 0.2) is 0 Å². The molecule has 6 heteroatoms. The van der Waals surface area contributed by atoms with Crippen LogP contribution in [0.1, 0.15) is 18.7 Å². The zero-order valence-corrected chi connectivity index (χ0v) is 16.5. The molecule has 0 fully saturated rings. The molecule has 2 heterocycles. The fourth-order valence-electron chi connectivity index (χ4n) is 3.48.